The number of para-hydroxylation sites is 1. The fourth-order valence-corrected chi connectivity index (χ4v) is 3.01. The standard InChI is InChI=1S/C17H14O/c1-11-5-4-8-14-16-13-7-3-2-6-12(13)9-10-15(16)18-17(11)14/h2-8H,9-10H2,1H3. The van der Waals surface area contributed by atoms with E-state index in [1.54, 1.807) is 0 Å². The molecule has 4 rings (SSSR count). The molecule has 0 radical (unpaired) electrons. The van der Waals surface area contributed by atoms with Gasteiger partial charge in [-0.15, -0.1) is 0 Å². The molecule has 1 nitrogen and oxygen atoms in total. The van der Waals surface area contributed by atoms with E-state index in [2.05, 4.69) is 49.4 Å². The zero-order valence-corrected chi connectivity index (χ0v) is 10.4. The van der Waals surface area contributed by atoms with Crippen LogP contribution in [0.1, 0.15) is 16.9 Å². The van der Waals surface area contributed by atoms with Crippen LogP contribution in [0.4, 0.5) is 0 Å². The van der Waals surface area contributed by atoms with Crippen LogP contribution in [-0.4, -0.2) is 0 Å². The summed E-state index contributed by atoms with van der Waals surface area (Å²) in [5.74, 6) is 1.15. The smallest absolute Gasteiger partial charge is 0.137 e. The van der Waals surface area contributed by atoms with Gasteiger partial charge in [0.2, 0.25) is 0 Å². The van der Waals surface area contributed by atoms with Crippen LogP contribution >= 0.6 is 0 Å². The van der Waals surface area contributed by atoms with Crippen molar-refractivity contribution in [3.05, 3.63) is 59.4 Å². The molecule has 0 spiro atoms. The summed E-state index contributed by atoms with van der Waals surface area (Å²) in [6.07, 6.45) is 2.10. The molecule has 0 saturated carbocycles. The van der Waals surface area contributed by atoms with Crippen molar-refractivity contribution in [2.75, 3.05) is 0 Å². The maximum Gasteiger partial charge on any atom is 0.137 e. The molecule has 0 N–H and O–H groups in total. The van der Waals surface area contributed by atoms with Gasteiger partial charge in [-0.3, -0.25) is 0 Å². The second-order valence-corrected chi connectivity index (χ2v) is 5.01. The molecule has 3 aromatic rings. The predicted octanol–water partition coefficient (Wildman–Crippen LogP) is 4.51. The molecule has 1 aromatic heterocycles. The second kappa shape index (κ2) is 3.49. The fraction of sp³-hybridized carbons (Fsp3) is 0.176. The van der Waals surface area contributed by atoms with Crippen LogP contribution < -0.4 is 0 Å². The van der Waals surface area contributed by atoms with Gasteiger partial charge in [0.15, 0.2) is 0 Å². The van der Waals surface area contributed by atoms with Gasteiger partial charge >= 0.3 is 0 Å². The molecule has 1 heteroatoms. The lowest BCUT2D eigenvalue weighted by atomic mass is 9.88. The lowest BCUT2D eigenvalue weighted by Crippen LogP contribution is -2.00. The first-order chi connectivity index (χ1) is 8.84. The number of furan rings is 1. The molecule has 1 aliphatic rings. The third-order valence-electron chi connectivity index (χ3n) is 3.89. The minimum atomic E-state index is 1.01. The summed E-state index contributed by atoms with van der Waals surface area (Å²) < 4.78 is 6.08. The predicted molar refractivity (Wildman–Crippen MR) is 73.8 cm³/mol. The summed E-state index contributed by atoms with van der Waals surface area (Å²) in [4.78, 5) is 0. The van der Waals surface area contributed by atoms with Crippen LogP contribution in [0.3, 0.4) is 0 Å². The topological polar surface area (TPSA) is 13.1 Å². The van der Waals surface area contributed by atoms with Gasteiger partial charge in [0.1, 0.15) is 11.3 Å². The van der Waals surface area contributed by atoms with Crippen molar-refractivity contribution < 1.29 is 4.42 Å². The molecule has 1 aliphatic carbocycles. The highest BCUT2D eigenvalue weighted by atomic mass is 16.3. The van der Waals surface area contributed by atoms with E-state index < -0.39 is 0 Å². The third kappa shape index (κ3) is 1.22. The Morgan fingerprint density at radius 1 is 0.944 bits per heavy atom. The van der Waals surface area contributed by atoms with Crippen LogP contribution in [0.25, 0.3) is 22.1 Å². The number of hydrogen-bond acceptors (Lipinski definition) is 1. The summed E-state index contributed by atoms with van der Waals surface area (Å²) in [7, 11) is 0. The highest BCUT2D eigenvalue weighted by Crippen LogP contribution is 2.41. The van der Waals surface area contributed by atoms with E-state index in [0.29, 0.717) is 0 Å². The molecular formula is C17H14O. The summed E-state index contributed by atoms with van der Waals surface area (Å²) in [5.41, 5.74) is 6.38. The molecule has 0 saturated heterocycles. The van der Waals surface area contributed by atoms with Gasteiger partial charge < -0.3 is 4.42 Å². The first-order valence-electron chi connectivity index (χ1n) is 6.44. The highest BCUT2D eigenvalue weighted by molar-refractivity contribution is 5.98. The maximum absolute atomic E-state index is 6.08. The average molecular weight is 234 g/mol. The Morgan fingerprint density at radius 3 is 2.78 bits per heavy atom. The second-order valence-electron chi connectivity index (χ2n) is 5.01. The molecule has 0 fully saturated rings. The van der Waals surface area contributed by atoms with E-state index in [0.717, 1.165) is 24.2 Å². The van der Waals surface area contributed by atoms with Gasteiger partial charge in [-0.2, -0.15) is 0 Å². The Labute approximate surface area is 106 Å². The number of aryl methyl sites for hydroxylation is 3. The van der Waals surface area contributed by atoms with Crippen molar-refractivity contribution in [2.45, 2.75) is 19.8 Å². The monoisotopic (exact) mass is 234 g/mol. The van der Waals surface area contributed by atoms with Crippen molar-refractivity contribution in [2.24, 2.45) is 0 Å². The van der Waals surface area contributed by atoms with Crippen LogP contribution in [0.15, 0.2) is 46.9 Å². The molecular weight excluding hydrogens is 220 g/mol. The van der Waals surface area contributed by atoms with E-state index in [1.807, 2.05) is 0 Å². The molecule has 0 bridgehead atoms. The molecule has 0 amide bonds. The van der Waals surface area contributed by atoms with Gasteiger partial charge in [0.05, 0.1) is 0 Å². The number of rotatable bonds is 0. The molecule has 0 unspecified atom stereocenters. The first kappa shape index (κ1) is 9.95. The van der Waals surface area contributed by atoms with Crippen LogP contribution in [-0.2, 0) is 12.8 Å². The van der Waals surface area contributed by atoms with Crippen molar-refractivity contribution in [3.8, 4) is 11.1 Å². The first-order valence-corrected chi connectivity index (χ1v) is 6.44. The van der Waals surface area contributed by atoms with Crippen molar-refractivity contribution in [1.29, 1.82) is 0 Å². The Bertz CT molecular complexity index is 749. The summed E-state index contributed by atoms with van der Waals surface area (Å²) in [5, 5.41) is 1.26. The van der Waals surface area contributed by atoms with E-state index in [-0.39, 0.29) is 0 Å². The van der Waals surface area contributed by atoms with E-state index >= 15 is 0 Å². The van der Waals surface area contributed by atoms with Crippen LogP contribution in [0.2, 0.25) is 0 Å². The van der Waals surface area contributed by atoms with Crippen molar-refractivity contribution in [1.82, 2.24) is 0 Å². The Balaban J connectivity index is 2.14. The molecule has 18 heavy (non-hydrogen) atoms. The zero-order valence-electron chi connectivity index (χ0n) is 10.4. The maximum atomic E-state index is 6.08. The van der Waals surface area contributed by atoms with E-state index in [9.17, 15) is 0 Å². The molecule has 0 atom stereocenters. The van der Waals surface area contributed by atoms with Gasteiger partial charge in [-0.05, 0) is 30.0 Å². The van der Waals surface area contributed by atoms with Gasteiger partial charge in [-0.1, -0.05) is 42.5 Å². The average Bonchev–Trinajstić information content (AvgIpc) is 2.79. The molecule has 2 aromatic carbocycles. The minimum absolute atomic E-state index is 1.01. The minimum Gasteiger partial charge on any atom is -0.460 e. The van der Waals surface area contributed by atoms with Crippen LogP contribution in [0, 0.1) is 6.92 Å². The lowest BCUT2D eigenvalue weighted by molar-refractivity contribution is 0.544. The number of fused-ring (bicyclic) bond motifs is 5. The Hall–Kier alpha value is -2.02. The zero-order chi connectivity index (χ0) is 12.1. The Kier molecular flexibility index (Phi) is 1.93. The van der Waals surface area contributed by atoms with Crippen molar-refractivity contribution >= 4 is 11.0 Å². The Morgan fingerprint density at radius 2 is 1.83 bits per heavy atom. The highest BCUT2D eigenvalue weighted by Gasteiger charge is 2.22. The van der Waals surface area contributed by atoms with Crippen molar-refractivity contribution in [3.63, 3.8) is 0 Å². The quantitative estimate of drug-likeness (QED) is 0.558. The van der Waals surface area contributed by atoms with Gasteiger partial charge in [-0.25, -0.2) is 0 Å². The van der Waals surface area contributed by atoms with E-state index in [4.69, 9.17) is 4.42 Å². The van der Waals surface area contributed by atoms with E-state index in [1.165, 1.54) is 27.6 Å². The fourth-order valence-electron chi connectivity index (χ4n) is 3.01. The largest absolute Gasteiger partial charge is 0.460 e. The summed E-state index contributed by atoms with van der Waals surface area (Å²) >= 11 is 0. The normalized spacial score (nSPS) is 13.4. The van der Waals surface area contributed by atoms with Gasteiger partial charge in [0, 0.05) is 17.4 Å². The SMILES string of the molecule is Cc1cccc2c3c(oc12)CCc1ccccc1-3. The van der Waals surface area contributed by atoms with Gasteiger partial charge in [0.25, 0.3) is 0 Å². The number of benzene rings is 2. The molecule has 88 valence electrons. The van der Waals surface area contributed by atoms with Crippen LogP contribution in [0.5, 0.6) is 0 Å². The molecule has 1 heterocycles. The summed E-state index contributed by atoms with van der Waals surface area (Å²) in [6, 6.07) is 15.1. The third-order valence-corrected chi connectivity index (χ3v) is 3.89. The number of hydrogen-bond donors (Lipinski definition) is 0. The lowest BCUT2D eigenvalue weighted by Gasteiger charge is -2.14. The summed E-state index contributed by atoms with van der Waals surface area (Å²) in [6.45, 7) is 2.11. The molecule has 0 aliphatic heterocycles.